The van der Waals surface area contributed by atoms with E-state index in [1.54, 1.807) is 0 Å². The maximum Gasteiger partial charge on any atom is 0.0717 e. The predicted molar refractivity (Wildman–Crippen MR) is 83.5 cm³/mol. The van der Waals surface area contributed by atoms with Gasteiger partial charge in [-0.2, -0.15) is 0 Å². The standard InChI is InChI=1S/C17H18N2O/c1-2-20-11-12-8-14-10-16(13-6-4-3-5-7-13)19-17(14)15(18)9-12/h3-10,19H,2,11,18H2,1H3. The van der Waals surface area contributed by atoms with E-state index in [4.69, 9.17) is 10.5 Å². The number of nitrogen functional groups attached to an aromatic ring is 1. The van der Waals surface area contributed by atoms with Crippen LogP contribution in [0.2, 0.25) is 0 Å². The Kier molecular flexibility index (Phi) is 3.44. The molecule has 3 aromatic rings. The number of aromatic amines is 1. The molecule has 102 valence electrons. The predicted octanol–water partition coefficient (Wildman–Crippen LogP) is 3.95. The maximum absolute atomic E-state index is 6.13. The molecule has 3 N–H and O–H groups in total. The van der Waals surface area contributed by atoms with Gasteiger partial charge in [0.2, 0.25) is 0 Å². The fraction of sp³-hybridized carbons (Fsp3) is 0.176. The summed E-state index contributed by atoms with van der Waals surface area (Å²) >= 11 is 0. The molecule has 0 radical (unpaired) electrons. The Morgan fingerprint density at radius 1 is 1.10 bits per heavy atom. The van der Waals surface area contributed by atoms with Gasteiger partial charge in [0.25, 0.3) is 0 Å². The van der Waals surface area contributed by atoms with Gasteiger partial charge in [-0.3, -0.25) is 0 Å². The summed E-state index contributed by atoms with van der Waals surface area (Å²) < 4.78 is 5.45. The van der Waals surface area contributed by atoms with Crippen LogP contribution in [0.5, 0.6) is 0 Å². The van der Waals surface area contributed by atoms with Crippen LogP contribution in [-0.4, -0.2) is 11.6 Å². The van der Waals surface area contributed by atoms with Crippen molar-refractivity contribution in [3.05, 3.63) is 54.1 Å². The first-order chi connectivity index (χ1) is 9.78. The van der Waals surface area contributed by atoms with Gasteiger partial charge >= 0.3 is 0 Å². The smallest absolute Gasteiger partial charge is 0.0717 e. The molecule has 1 aromatic heterocycles. The van der Waals surface area contributed by atoms with E-state index >= 15 is 0 Å². The Balaban J connectivity index is 2.04. The summed E-state index contributed by atoms with van der Waals surface area (Å²) in [5, 5.41) is 1.12. The van der Waals surface area contributed by atoms with Gasteiger partial charge in [-0.05, 0) is 36.2 Å². The summed E-state index contributed by atoms with van der Waals surface area (Å²) in [5.74, 6) is 0. The van der Waals surface area contributed by atoms with Crippen molar-refractivity contribution in [2.24, 2.45) is 0 Å². The van der Waals surface area contributed by atoms with Gasteiger partial charge in [0.15, 0.2) is 0 Å². The normalized spacial score (nSPS) is 11.1. The van der Waals surface area contributed by atoms with Crippen molar-refractivity contribution in [2.45, 2.75) is 13.5 Å². The SMILES string of the molecule is CCOCc1cc(N)c2[nH]c(-c3ccccc3)cc2c1. The van der Waals surface area contributed by atoms with E-state index in [9.17, 15) is 0 Å². The molecule has 0 bridgehead atoms. The highest BCUT2D eigenvalue weighted by Crippen LogP contribution is 2.28. The third-order valence-corrected chi connectivity index (χ3v) is 3.38. The molecular formula is C17H18N2O. The highest BCUT2D eigenvalue weighted by molar-refractivity contribution is 5.94. The van der Waals surface area contributed by atoms with Gasteiger partial charge < -0.3 is 15.5 Å². The van der Waals surface area contributed by atoms with Gasteiger partial charge in [-0.15, -0.1) is 0 Å². The lowest BCUT2D eigenvalue weighted by Gasteiger charge is -2.04. The molecule has 0 amide bonds. The lowest BCUT2D eigenvalue weighted by Crippen LogP contribution is -1.94. The van der Waals surface area contributed by atoms with Gasteiger partial charge in [-0.1, -0.05) is 30.3 Å². The van der Waals surface area contributed by atoms with E-state index in [0.717, 1.165) is 33.4 Å². The minimum absolute atomic E-state index is 0.600. The molecule has 0 spiro atoms. The number of rotatable bonds is 4. The number of ether oxygens (including phenoxy) is 1. The quantitative estimate of drug-likeness (QED) is 0.702. The Morgan fingerprint density at radius 2 is 1.90 bits per heavy atom. The highest BCUT2D eigenvalue weighted by Gasteiger charge is 2.07. The van der Waals surface area contributed by atoms with Crippen LogP contribution in [0.3, 0.4) is 0 Å². The second-order valence-electron chi connectivity index (χ2n) is 4.84. The Hall–Kier alpha value is -2.26. The number of aromatic nitrogens is 1. The van der Waals surface area contributed by atoms with Crippen LogP contribution in [0.4, 0.5) is 5.69 Å². The topological polar surface area (TPSA) is 51.0 Å². The maximum atomic E-state index is 6.13. The molecule has 3 nitrogen and oxygen atoms in total. The second-order valence-corrected chi connectivity index (χ2v) is 4.84. The Bertz CT molecular complexity index is 716. The number of fused-ring (bicyclic) bond motifs is 1. The minimum atomic E-state index is 0.600. The number of H-pyrrole nitrogens is 1. The van der Waals surface area contributed by atoms with E-state index in [0.29, 0.717) is 13.2 Å². The fourth-order valence-corrected chi connectivity index (χ4v) is 2.41. The average molecular weight is 266 g/mol. The lowest BCUT2D eigenvalue weighted by atomic mass is 10.1. The number of nitrogens with two attached hydrogens (primary N) is 1. The van der Waals surface area contributed by atoms with Crippen molar-refractivity contribution in [1.82, 2.24) is 4.98 Å². The molecule has 0 saturated carbocycles. The first-order valence-corrected chi connectivity index (χ1v) is 6.82. The van der Waals surface area contributed by atoms with Gasteiger partial charge in [0.05, 0.1) is 17.8 Å². The van der Waals surface area contributed by atoms with Crippen molar-refractivity contribution in [3.63, 3.8) is 0 Å². The van der Waals surface area contributed by atoms with E-state index in [1.165, 1.54) is 0 Å². The summed E-state index contributed by atoms with van der Waals surface area (Å²) in [7, 11) is 0. The first-order valence-electron chi connectivity index (χ1n) is 6.82. The molecule has 0 aliphatic carbocycles. The highest BCUT2D eigenvalue weighted by atomic mass is 16.5. The van der Waals surface area contributed by atoms with Crippen LogP contribution < -0.4 is 5.73 Å². The molecule has 0 aliphatic heterocycles. The summed E-state index contributed by atoms with van der Waals surface area (Å²) in [6.07, 6.45) is 0. The molecule has 3 heteroatoms. The monoisotopic (exact) mass is 266 g/mol. The third-order valence-electron chi connectivity index (χ3n) is 3.38. The van der Waals surface area contributed by atoms with Crippen LogP contribution in [0.25, 0.3) is 22.2 Å². The molecule has 0 saturated heterocycles. The molecule has 2 aromatic carbocycles. The van der Waals surface area contributed by atoms with Crippen LogP contribution in [0.15, 0.2) is 48.5 Å². The Morgan fingerprint density at radius 3 is 2.65 bits per heavy atom. The van der Waals surface area contributed by atoms with Crippen LogP contribution in [-0.2, 0) is 11.3 Å². The summed E-state index contributed by atoms with van der Waals surface area (Å²) in [6, 6.07) is 16.5. The first kappa shape index (κ1) is 12.8. The second kappa shape index (κ2) is 5.39. The van der Waals surface area contributed by atoms with E-state index in [-0.39, 0.29) is 0 Å². The van der Waals surface area contributed by atoms with E-state index in [2.05, 4.69) is 29.2 Å². The van der Waals surface area contributed by atoms with Crippen molar-refractivity contribution in [1.29, 1.82) is 0 Å². The van der Waals surface area contributed by atoms with Crippen molar-refractivity contribution in [2.75, 3.05) is 12.3 Å². The Labute approximate surface area is 118 Å². The number of benzene rings is 2. The third kappa shape index (κ3) is 2.40. The van der Waals surface area contributed by atoms with Gasteiger partial charge in [-0.25, -0.2) is 0 Å². The molecule has 0 aliphatic rings. The lowest BCUT2D eigenvalue weighted by molar-refractivity contribution is 0.134. The van der Waals surface area contributed by atoms with Crippen LogP contribution in [0.1, 0.15) is 12.5 Å². The zero-order valence-corrected chi connectivity index (χ0v) is 11.5. The summed E-state index contributed by atoms with van der Waals surface area (Å²) in [5.41, 5.74) is 11.2. The van der Waals surface area contributed by atoms with Crippen molar-refractivity contribution >= 4 is 16.6 Å². The minimum Gasteiger partial charge on any atom is -0.397 e. The van der Waals surface area contributed by atoms with Crippen LogP contribution in [0, 0.1) is 0 Å². The molecule has 0 unspecified atom stereocenters. The molecule has 3 rings (SSSR count). The molecular weight excluding hydrogens is 248 g/mol. The van der Waals surface area contributed by atoms with E-state index in [1.807, 2.05) is 31.2 Å². The van der Waals surface area contributed by atoms with Crippen LogP contribution >= 0.6 is 0 Å². The number of hydrogen-bond acceptors (Lipinski definition) is 2. The van der Waals surface area contributed by atoms with Gasteiger partial charge in [0, 0.05) is 17.7 Å². The fourth-order valence-electron chi connectivity index (χ4n) is 2.41. The molecule has 20 heavy (non-hydrogen) atoms. The largest absolute Gasteiger partial charge is 0.397 e. The molecule has 0 atom stereocenters. The van der Waals surface area contributed by atoms with Gasteiger partial charge in [0.1, 0.15) is 0 Å². The van der Waals surface area contributed by atoms with Crippen molar-refractivity contribution in [3.8, 4) is 11.3 Å². The number of nitrogens with one attached hydrogen (secondary N) is 1. The van der Waals surface area contributed by atoms with Crippen molar-refractivity contribution < 1.29 is 4.74 Å². The van der Waals surface area contributed by atoms with E-state index < -0.39 is 0 Å². The average Bonchev–Trinajstić information content (AvgIpc) is 2.91. The zero-order chi connectivity index (χ0) is 13.9. The number of anilines is 1. The summed E-state index contributed by atoms with van der Waals surface area (Å²) in [4.78, 5) is 3.40. The zero-order valence-electron chi connectivity index (χ0n) is 11.5. The number of hydrogen-bond donors (Lipinski definition) is 2. The molecule has 1 heterocycles. The molecule has 0 fully saturated rings. The summed E-state index contributed by atoms with van der Waals surface area (Å²) in [6.45, 7) is 3.30.